The molecule has 35 heavy (non-hydrogen) atoms. The smallest absolute Gasteiger partial charge is 0.291 e. The fourth-order valence-electron chi connectivity index (χ4n) is 3.85. The van der Waals surface area contributed by atoms with Crippen LogP contribution < -0.4 is 10.6 Å². The highest BCUT2D eigenvalue weighted by molar-refractivity contribution is 8.00. The van der Waals surface area contributed by atoms with Crippen molar-refractivity contribution in [1.29, 1.82) is 0 Å². The lowest BCUT2D eigenvalue weighted by atomic mass is 9.83. The second-order valence-corrected chi connectivity index (χ2v) is 8.78. The molecular formula is C27H18N2O5S. The lowest BCUT2D eigenvalue weighted by Crippen LogP contribution is -2.24. The molecule has 0 saturated heterocycles. The molecule has 2 amide bonds. The van der Waals surface area contributed by atoms with Crippen LogP contribution in [0.15, 0.2) is 94.4 Å². The van der Waals surface area contributed by atoms with E-state index in [1.807, 2.05) is 6.07 Å². The maximum Gasteiger partial charge on any atom is 0.291 e. The largest absolute Gasteiger partial charge is 0.459 e. The Morgan fingerprint density at radius 3 is 2.29 bits per heavy atom. The fourth-order valence-corrected chi connectivity index (χ4v) is 4.60. The molecule has 0 spiro atoms. The number of nitrogens with one attached hydrogen (secondary N) is 2. The van der Waals surface area contributed by atoms with Gasteiger partial charge in [0.15, 0.2) is 17.3 Å². The summed E-state index contributed by atoms with van der Waals surface area (Å²) in [5.41, 5.74) is 2.05. The number of carbonyl (C=O) groups excluding carboxylic acids is 4. The van der Waals surface area contributed by atoms with Gasteiger partial charge in [-0.05, 0) is 36.4 Å². The predicted octanol–water partition coefficient (Wildman–Crippen LogP) is 5.04. The number of thioether (sulfide) groups is 1. The van der Waals surface area contributed by atoms with E-state index in [1.54, 1.807) is 72.8 Å². The van der Waals surface area contributed by atoms with Crippen LogP contribution >= 0.6 is 11.8 Å². The third-order valence-corrected chi connectivity index (χ3v) is 6.43. The van der Waals surface area contributed by atoms with Crippen molar-refractivity contribution in [3.05, 3.63) is 113 Å². The summed E-state index contributed by atoms with van der Waals surface area (Å²) in [6.45, 7) is 0. The molecule has 3 aromatic carbocycles. The summed E-state index contributed by atoms with van der Waals surface area (Å²) in [6, 6.07) is 21.8. The average molecular weight is 483 g/mol. The van der Waals surface area contributed by atoms with Crippen molar-refractivity contribution in [1.82, 2.24) is 0 Å². The normalized spacial score (nSPS) is 12.0. The Kier molecular flexibility index (Phi) is 6.03. The van der Waals surface area contributed by atoms with Crippen LogP contribution in [0.3, 0.4) is 0 Å². The second-order valence-electron chi connectivity index (χ2n) is 7.73. The number of anilines is 2. The zero-order chi connectivity index (χ0) is 24.4. The summed E-state index contributed by atoms with van der Waals surface area (Å²) in [5, 5.41) is 5.52. The number of furan rings is 1. The number of hydrogen-bond acceptors (Lipinski definition) is 6. The number of hydrogen-bond donors (Lipinski definition) is 2. The van der Waals surface area contributed by atoms with E-state index in [4.69, 9.17) is 4.42 Å². The Morgan fingerprint density at radius 1 is 0.771 bits per heavy atom. The van der Waals surface area contributed by atoms with Crippen LogP contribution in [0.25, 0.3) is 0 Å². The highest BCUT2D eigenvalue weighted by Crippen LogP contribution is 2.32. The lowest BCUT2D eigenvalue weighted by molar-refractivity contribution is -0.113. The van der Waals surface area contributed by atoms with E-state index in [0.717, 1.165) is 4.90 Å². The van der Waals surface area contributed by atoms with Crippen LogP contribution in [0.5, 0.6) is 0 Å². The van der Waals surface area contributed by atoms with Crippen molar-refractivity contribution in [3.63, 3.8) is 0 Å². The van der Waals surface area contributed by atoms with Crippen LogP contribution in [-0.4, -0.2) is 29.1 Å². The number of carbonyl (C=O) groups is 4. The van der Waals surface area contributed by atoms with E-state index in [9.17, 15) is 19.2 Å². The SMILES string of the molecule is O=C(CSc1cccc(NC(=O)c2ccco2)c1)Nc1cccc2c1C(=O)c1ccccc1C2=O. The molecule has 1 heterocycles. The maximum absolute atomic E-state index is 13.1. The monoisotopic (exact) mass is 482 g/mol. The molecule has 7 nitrogen and oxygen atoms in total. The van der Waals surface area contributed by atoms with Crippen molar-refractivity contribution in [3.8, 4) is 0 Å². The maximum atomic E-state index is 13.1. The molecule has 0 unspecified atom stereocenters. The molecule has 172 valence electrons. The van der Waals surface area contributed by atoms with Gasteiger partial charge in [0.1, 0.15) is 0 Å². The minimum absolute atomic E-state index is 0.0674. The quantitative estimate of drug-likeness (QED) is 0.329. The summed E-state index contributed by atoms with van der Waals surface area (Å²) >= 11 is 1.28. The topological polar surface area (TPSA) is 105 Å². The van der Waals surface area contributed by atoms with E-state index in [-0.39, 0.29) is 46.0 Å². The molecular weight excluding hydrogens is 464 g/mol. The standard InChI is InChI=1S/C27H18N2O5S/c30-23(15-35-17-7-3-6-16(14-17)28-27(33)22-12-5-13-34-22)29-21-11-4-10-20-24(21)26(32)19-9-2-1-8-18(19)25(20)31/h1-14H,15H2,(H,28,33)(H,29,30). The van der Waals surface area contributed by atoms with Gasteiger partial charge in [-0.15, -0.1) is 11.8 Å². The molecule has 8 heteroatoms. The minimum atomic E-state index is -0.371. The number of amides is 2. The summed E-state index contributed by atoms with van der Waals surface area (Å²) in [7, 11) is 0. The molecule has 0 aliphatic heterocycles. The highest BCUT2D eigenvalue weighted by atomic mass is 32.2. The van der Waals surface area contributed by atoms with Crippen molar-refractivity contribution >= 4 is 46.5 Å². The van der Waals surface area contributed by atoms with Crippen molar-refractivity contribution in [2.75, 3.05) is 16.4 Å². The van der Waals surface area contributed by atoms with Crippen LogP contribution in [0.4, 0.5) is 11.4 Å². The molecule has 1 aromatic heterocycles. The van der Waals surface area contributed by atoms with Gasteiger partial charge in [0.05, 0.1) is 23.3 Å². The van der Waals surface area contributed by atoms with E-state index in [0.29, 0.717) is 22.5 Å². The van der Waals surface area contributed by atoms with Gasteiger partial charge < -0.3 is 15.1 Å². The molecule has 1 aliphatic rings. The first kappa shape index (κ1) is 22.4. The number of ketones is 2. The number of benzene rings is 3. The fraction of sp³-hybridized carbons (Fsp3) is 0.0370. The Balaban J connectivity index is 1.27. The molecule has 0 bridgehead atoms. The molecule has 0 atom stereocenters. The third-order valence-electron chi connectivity index (χ3n) is 5.43. The molecule has 5 rings (SSSR count). The summed E-state index contributed by atoms with van der Waals surface area (Å²) in [4.78, 5) is 51.6. The predicted molar refractivity (Wildman–Crippen MR) is 132 cm³/mol. The first-order valence-corrected chi connectivity index (χ1v) is 11.7. The van der Waals surface area contributed by atoms with E-state index in [1.165, 1.54) is 18.0 Å². The van der Waals surface area contributed by atoms with Crippen LogP contribution in [0.1, 0.15) is 42.4 Å². The first-order chi connectivity index (χ1) is 17.0. The van der Waals surface area contributed by atoms with Gasteiger partial charge >= 0.3 is 0 Å². The Hall–Kier alpha value is -4.43. The van der Waals surface area contributed by atoms with Gasteiger partial charge in [-0.1, -0.05) is 42.5 Å². The molecule has 2 N–H and O–H groups in total. The molecule has 0 radical (unpaired) electrons. The second kappa shape index (κ2) is 9.44. The summed E-state index contributed by atoms with van der Waals surface area (Å²) < 4.78 is 5.09. The van der Waals surface area contributed by atoms with E-state index >= 15 is 0 Å². The number of rotatable bonds is 6. The summed E-state index contributed by atoms with van der Waals surface area (Å²) in [6.07, 6.45) is 1.42. The first-order valence-electron chi connectivity index (χ1n) is 10.7. The highest BCUT2D eigenvalue weighted by Gasteiger charge is 2.31. The van der Waals surface area contributed by atoms with Crippen LogP contribution in [0.2, 0.25) is 0 Å². The summed E-state index contributed by atoms with van der Waals surface area (Å²) in [5.74, 6) is -0.966. The zero-order valence-corrected chi connectivity index (χ0v) is 19.1. The van der Waals surface area contributed by atoms with Gasteiger partial charge in [-0.3, -0.25) is 19.2 Å². The average Bonchev–Trinajstić information content (AvgIpc) is 3.42. The van der Waals surface area contributed by atoms with Crippen LogP contribution in [0, 0.1) is 0 Å². The molecule has 0 fully saturated rings. The molecule has 4 aromatic rings. The molecule has 1 aliphatic carbocycles. The van der Waals surface area contributed by atoms with E-state index in [2.05, 4.69) is 10.6 Å². The van der Waals surface area contributed by atoms with Gasteiger partial charge in [-0.25, -0.2) is 0 Å². The van der Waals surface area contributed by atoms with Gasteiger partial charge in [0.2, 0.25) is 5.91 Å². The third kappa shape index (κ3) is 4.51. The van der Waals surface area contributed by atoms with E-state index < -0.39 is 0 Å². The molecule has 0 saturated carbocycles. The lowest BCUT2D eigenvalue weighted by Gasteiger charge is -2.20. The van der Waals surface area contributed by atoms with Crippen molar-refractivity contribution in [2.24, 2.45) is 0 Å². The van der Waals surface area contributed by atoms with Gasteiger partial charge in [0.25, 0.3) is 5.91 Å². The Labute approximate surface area is 204 Å². The Morgan fingerprint density at radius 2 is 1.51 bits per heavy atom. The van der Waals surface area contributed by atoms with Crippen LogP contribution in [-0.2, 0) is 4.79 Å². The van der Waals surface area contributed by atoms with Crippen molar-refractivity contribution < 1.29 is 23.6 Å². The zero-order valence-electron chi connectivity index (χ0n) is 18.2. The number of fused-ring (bicyclic) bond motifs is 2. The van der Waals surface area contributed by atoms with Gasteiger partial charge in [-0.2, -0.15) is 0 Å². The van der Waals surface area contributed by atoms with Crippen molar-refractivity contribution in [2.45, 2.75) is 4.90 Å². The Bertz CT molecular complexity index is 1480. The van der Waals surface area contributed by atoms with Gasteiger partial charge in [0, 0.05) is 27.3 Å². The minimum Gasteiger partial charge on any atom is -0.459 e.